The highest BCUT2D eigenvalue weighted by molar-refractivity contribution is 14.1. The lowest BCUT2D eigenvalue weighted by Gasteiger charge is -2.36. The summed E-state index contributed by atoms with van der Waals surface area (Å²) in [6.07, 6.45) is 4.97. The van der Waals surface area contributed by atoms with Gasteiger partial charge in [0, 0.05) is 31.0 Å². The third kappa shape index (κ3) is 5.02. The van der Waals surface area contributed by atoms with Crippen molar-refractivity contribution in [1.82, 2.24) is 9.80 Å². The fourth-order valence-corrected chi connectivity index (χ4v) is 5.20. The summed E-state index contributed by atoms with van der Waals surface area (Å²) in [6, 6.07) is 13.6. The Morgan fingerprint density at radius 1 is 1.03 bits per heavy atom. The van der Waals surface area contributed by atoms with Gasteiger partial charge in [0.1, 0.15) is 5.82 Å². The van der Waals surface area contributed by atoms with Crippen molar-refractivity contribution in [3.8, 4) is 11.8 Å². The predicted octanol–water partition coefficient (Wildman–Crippen LogP) is 5.56. The molecule has 0 aliphatic carbocycles. The standard InChI is InChI=1S/C25H28FIN2/c1-28-18-24(20-9-11-21(26)12-10-20)22-13-8-19(17-23(22)25(28)27)7-3-6-16-29-14-4-2-5-15-29/h8-13,17,24-25H,2,4-6,14-16,18H2,1H3. The SMILES string of the molecule is CN1CC(c2ccc(F)cc2)c2ccc(C#CCCN3CCCCC3)cc2C1I. The van der Waals surface area contributed by atoms with Crippen LogP contribution in [0, 0.1) is 17.7 Å². The van der Waals surface area contributed by atoms with Gasteiger partial charge in [0.25, 0.3) is 0 Å². The van der Waals surface area contributed by atoms with Crippen LogP contribution in [0.3, 0.4) is 0 Å². The summed E-state index contributed by atoms with van der Waals surface area (Å²) in [4.78, 5) is 4.90. The molecular weight excluding hydrogens is 474 g/mol. The van der Waals surface area contributed by atoms with E-state index in [1.807, 2.05) is 12.1 Å². The van der Waals surface area contributed by atoms with Crippen LogP contribution in [-0.2, 0) is 0 Å². The zero-order valence-corrected chi connectivity index (χ0v) is 19.2. The van der Waals surface area contributed by atoms with E-state index in [4.69, 9.17) is 0 Å². The minimum Gasteiger partial charge on any atom is -0.302 e. The fourth-order valence-electron chi connectivity index (χ4n) is 4.43. The first-order chi connectivity index (χ1) is 14.1. The lowest BCUT2D eigenvalue weighted by Crippen LogP contribution is -2.32. The number of hydrogen-bond donors (Lipinski definition) is 0. The molecule has 0 bridgehead atoms. The van der Waals surface area contributed by atoms with Gasteiger partial charge in [0.2, 0.25) is 0 Å². The maximum absolute atomic E-state index is 13.4. The zero-order valence-electron chi connectivity index (χ0n) is 17.0. The van der Waals surface area contributed by atoms with Crippen LogP contribution in [0.1, 0.15) is 57.9 Å². The molecule has 0 amide bonds. The Kier molecular flexibility index (Phi) is 6.89. The summed E-state index contributed by atoms with van der Waals surface area (Å²) in [6.45, 7) is 4.48. The molecule has 2 aliphatic heterocycles. The Morgan fingerprint density at radius 3 is 2.55 bits per heavy atom. The third-order valence-electron chi connectivity index (χ3n) is 6.08. The third-order valence-corrected chi connectivity index (χ3v) is 7.71. The number of halogens is 2. The highest BCUT2D eigenvalue weighted by Gasteiger charge is 2.30. The second kappa shape index (κ2) is 9.59. The van der Waals surface area contributed by atoms with Gasteiger partial charge in [0.05, 0.1) is 4.05 Å². The maximum Gasteiger partial charge on any atom is 0.123 e. The van der Waals surface area contributed by atoms with Gasteiger partial charge in [-0.1, -0.05) is 59.1 Å². The molecule has 2 atom stereocenters. The molecule has 0 saturated carbocycles. The number of fused-ring (bicyclic) bond motifs is 1. The van der Waals surface area contributed by atoms with Crippen LogP contribution in [0.4, 0.5) is 4.39 Å². The van der Waals surface area contributed by atoms with Crippen LogP contribution in [0.2, 0.25) is 0 Å². The van der Waals surface area contributed by atoms with Crippen molar-refractivity contribution >= 4 is 22.6 Å². The Hall–Kier alpha value is -1.42. The van der Waals surface area contributed by atoms with E-state index in [1.54, 1.807) is 12.1 Å². The van der Waals surface area contributed by atoms with E-state index in [0.717, 1.165) is 25.1 Å². The molecule has 1 fully saturated rings. The number of piperidine rings is 1. The number of likely N-dealkylation sites (N-methyl/N-ethyl adjacent to an activating group) is 1. The fraction of sp³-hybridized carbons (Fsp3) is 0.440. The summed E-state index contributed by atoms with van der Waals surface area (Å²) in [5.41, 5.74) is 4.94. The van der Waals surface area contributed by atoms with Gasteiger partial charge >= 0.3 is 0 Å². The van der Waals surface area contributed by atoms with Crippen molar-refractivity contribution in [2.24, 2.45) is 0 Å². The van der Waals surface area contributed by atoms with Gasteiger partial charge in [-0.2, -0.15) is 0 Å². The average molecular weight is 502 g/mol. The van der Waals surface area contributed by atoms with E-state index in [9.17, 15) is 4.39 Å². The minimum atomic E-state index is -0.180. The van der Waals surface area contributed by atoms with E-state index in [1.165, 1.54) is 49.0 Å². The molecule has 1 saturated heterocycles. The molecule has 0 aromatic heterocycles. The Labute approximate surface area is 187 Å². The van der Waals surface area contributed by atoms with Crippen LogP contribution in [0.15, 0.2) is 42.5 Å². The van der Waals surface area contributed by atoms with Crippen molar-refractivity contribution in [3.05, 3.63) is 70.5 Å². The molecule has 2 unspecified atom stereocenters. The summed E-state index contributed by atoms with van der Waals surface area (Å²) >= 11 is 2.51. The smallest absolute Gasteiger partial charge is 0.123 e. The van der Waals surface area contributed by atoms with Crippen LogP contribution in [-0.4, -0.2) is 43.0 Å². The topological polar surface area (TPSA) is 6.48 Å². The molecule has 4 rings (SSSR count). The second-order valence-corrected chi connectivity index (χ2v) is 9.36. The van der Waals surface area contributed by atoms with Crippen LogP contribution < -0.4 is 0 Å². The minimum absolute atomic E-state index is 0.180. The van der Waals surface area contributed by atoms with Crippen LogP contribution in [0.5, 0.6) is 0 Å². The Morgan fingerprint density at radius 2 is 1.79 bits per heavy atom. The first-order valence-electron chi connectivity index (χ1n) is 10.6. The zero-order chi connectivity index (χ0) is 20.2. The number of hydrogen-bond acceptors (Lipinski definition) is 2. The first-order valence-corrected chi connectivity index (χ1v) is 11.8. The summed E-state index contributed by atoms with van der Waals surface area (Å²) < 4.78 is 13.7. The van der Waals surface area contributed by atoms with E-state index in [0.29, 0.717) is 4.05 Å². The van der Waals surface area contributed by atoms with Crippen molar-refractivity contribution in [1.29, 1.82) is 0 Å². The number of alkyl halides is 1. The molecule has 2 aliphatic rings. The lowest BCUT2D eigenvalue weighted by molar-refractivity contribution is 0.234. The van der Waals surface area contributed by atoms with Gasteiger partial charge in [-0.15, -0.1) is 0 Å². The quantitative estimate of drug-likeness (QED) is 0.235. The van der Waals surface area contributed by atoms with Crippen LogP contribution in [0.25, 0.3) is 0 Å². The monoisotopic (exact) mass is 502 g/mol. The molecule has 2 heterocycles. The van der Waals surface area contributed by atoms with Gasteiger partial charge in [-0.3, -0.25) is 4.90 Å². The lowest BCUT2D eigenvalue weighted by atomic mass is 9.84. The highest BCUT2D eigenvalue weighted by atomic mass is 127. The summed E-state index contributed by atoms with van der Waals surface area (Å²) in [7, 11) is 2.16. The second-order valence-electron chi connectivity index (χ2n) is 8.18. The van der Waals surface area contributed by atoms with Crippen molar-refractivity contribution in [2.45, 2.75) is 35.6 Å². The molecular formula is C25H28FIN2. The van der Waals surface area contributed by atoms with Gasteiger partial charge < -0.3 is 4.90 Å². The first kappa shape index (κ1) is 20.8. The van der Waals surface area contributed by atoms with Crippen molar-refractivity contribution in [2.75, 3.05) is 33.2 Å². The molecule has 4 heteroatoms. The van der Waals surface area contributed by atoms with Gasteiger partial charge in [-0.25, -0.2) is 4.39 Å². The van der Waals surface area contributed by atoms with E-state index >= 15 is 0 Å². The summed E-state index contributed by atoms with van der Waals surface area (Å²) in [5, 5.41) is 0. The van der Waals surface area contributed by atoms with E-state index in [-0.39, 0.29) is 11.7 Å². The van der Waals surface area contributed by atoms with Gasteiger partial charge in [0.15, 0.2) is 0 Å². The molecule has 2 aromatic carbocycles. The normalized spacial score (nSPS) is 22.6. The number of likely N-dealkylation sites (tertiary alicyclic amines) is 1. The highest BCUT2D eigenvalue weighted by Crippen LogP contribution is 2.42. The van der Waals surface area contributed by atoms with Crippen molar-refractivity contribution < 1.29 is 4.39 Å². The maximum atomic E-state index is 13.4. The number of benzene rings is 2. The molecule has 2 nitrogen and oxygen atoms in total. The Balaban J connectivity index is 1.51. The number of nitrogens with zero attached hydrogens (tertiary/aromatic N) is 2. The molecule has 152 valence electrons. The van der Waals surface area contributed by atoms with E-state index < -0.39 is 0 Å². The van der Waals surface area contributed by atoms with Crippen molar-refractivity contribution in [3.63, 3.8) is 0 Å². The Bertz CT molecular complexity index is 893. The molecule has 29 heavy (non-hydrogen) atoms. The van der Waals surface area contributed by atoms with Crippen LogP contribution >= 0.6 is 22.6 Å². The summed E-state index contributed by atoms with van der Waals surface area (Å²) in [5.74, 6) is 6.85. The average Bonchev–Trinajstić information content (AvgIpc) is 2.75. The number of rotatable bonds is 3. The van der Waals surface area contributed by atoms with E-state index in [2.05, 4.69) is 69.5 Å². The largest absolute Gasteiger partial charge is 0.302 e. The molecule has 0 N–H and O–H groups in total. The molecule has 0 spiro atoms. The molecule has 2 aromatic rings. The molecule has 0 radical (unpaired) electrons. The predicted molar refractivity (Wildman–Crippen MR) is 126 cm³/mol. The van der Waals surface area contributed by atoms with Gasteiger partial charge in [-0.05, 0) is 73.9 Å².